The van der Waals surface area contributed by atoms with E-state index in [1.807, 2.05) is 18.2 Å². The molecule has 2 aromatic heterocycles. The first-order valence-corrected chi connectivity index (χ1v) is 18.1. The third-order valence-electron chi connectivity index (χ3n) is 10.9. The van der Waals surface area contributed by atoms with E-state index in [-0.39, 0.29) is 11.8 Å². The lowest BCUT2D eigenvalue weighted by molar-refractivity contribution is 0.617. The number of rotatable bonds is 4. The van der Waals surface area contributed by atoms with Crippen molar-refractivity contribution in [3.8, 4) is 33.9 Å². The molecule has 0 amide bonds. The van der Waals surface area contributed by atoms with Gasteiger partial charge in [-0.1, -0.05) is 146 Å². The average molecular weight is 678 g/mol. The summed E-state index contributed by atoms with van der Waals surface area (Å²) in [6.07, 6.45) is 19.9. The molecule has 53 heavy (non-hydrogen) atoms. The van der Waals surface area contributed by atoms with Gasteiger partial charge < -0.3 is 4.42 Å². The van der Waals surface area contributed by atoms with Crippen molar-refractivity contribution in [3.05, 3.63) is 193 Å². The van der Waals surface area contributed by atoms with Crippen LogP contribution in [0.5, 0.6) is 0 Å². The largest absolute Gasteiger partial charge is 0.455 e. The molecule has 8 aromatic rings. The van der Waals surface area contributed by atoms with Gasteiger partial charge in [-0.25, -0.2) is 15.0 Å². The Morgan fingerprint density at radius 2 is 1.19 bits per heavy atom. The normalized spacial score (nSPS) is 17.5. The molecular weight excluding hydrogens is 647 g/mol. The van der Waals surface area contributed by atoms with Crippen molar-refractivity contribution >= 4 is 49.1 Å². The van der Waals surface area contributed by atoms with Gasteiger partial charge in [0.2, 0.25) is 0 Å². The number of hydrogen-bond donors (Lipinski definition) is 0. The third-order valence-corrected chi connectivity index (χ3v) is 10.9. The maximum atomic E-state index is 6.66. The first-order valence-electron chi connectivity index (χ1n) is 18.1. The van der Waals surface area contributed by atoms with Crippen LogP contribution in [0.15, 0.2) is 192 Å². The van der Waals surface area contributed by atoms with Gasteiger partial charge in [0, 0.05) is 44.9 Å². The molecule has 2 unspecified atom stereocenters. The van der Waals surface area contributed by atoms with Crippen molar-refractivity contribution in [3.63, 3.8) is 0 Å². The van der Waals surface area contributed by atoms with E-state index in [0.717, 1.165) is 49.8 Å². The van der Waals surface area contributed by atoms with Crippen LogP contribution >= 0.6 is 0 Å². The quantitative estimate of drug-likeness (QED) is 0.174. The van der Waals surface area contributed by atoms with E-state index < -0.39 is 0 Å². The fraction of sp³-hybridized carbons (Fsp3) is 0.0408. The predicted octanol–water partition coefficient (Wildman–Crippen LogP) is 12.3. The minimum absolute atomic E-state index is 0.196. The molecule has 0 saturated heterocycles. The summed E-state index contributed by atoms with van der Waals surface area (Å²) in [5, 5.41) is 6.78. The van der Waals surface area contributed by atoms with Crippen LogP contribution in [0.25, 0.3) is 83.0 Å². The van der Waals surface area contributed by atoms with Gasteiger partial charge >= 0.3 is 0 Å². The van der Waals surface area contributed by atoms with E-state index in [2.05, 4.69) is 158 Å². The summed E-state index contributed by atoms with van der Waals surface area (Å²) in [6, 6.07) is 42.4. The Hall–Kier alpha value is -6.91. The van der Waals surface area contributed by atoms with Crippen molar-refractivity contribution < 1.29 is 4.42 Å². The molecule has 6 aromatic carbocycles. The zero-order valence-electron chi connectivity index (χ0n) is 28.6. The van der Waals surface area contributed by atoms with Gasteiger partial charge in [0.05, 0.1) is 0 Å². The number of benzene rings is 6. The number of nitrogens with zero attached hydrogens (tertiary/aromatic N) is 3. The highest BCUT2D eigenvalue weighted by atomic mass is 16.3. The second kappa shape index (κ2) is 11.8. The zero-order valence-corrected chi connectivity index (χ0v) is 28.6. The summed E-state index contributed by atoms with van der Waals surface area (Å²) in [5.74, 6) is 2.37. The minimum Gasteiger partial charge on any atom is -0.455 e. The second-order valence-corrected chi connectivity index (χ2v) is 13.9. The SMILES string of the molecule is C1=CC2=CC(c3nc(-c4ccc5ccc6ccccc6c5c4)nc(-c4ccc(-c5ccccc5)c5oc6ccccc6c45)n3)=C3C=CC=CC3C2C=C1. The molecule has 4 nitrogen and oxygen atoms in total. The Bertz CT molecular complexity index is 3010. The molecule has 4 heteroatoms. The molecule has 0 aliphatic heterocycles. The van der Waals surface area contributed by atoms with Gasteiger partial charge in [-0.3, -0.25) is 0 Å². The van der Waals surface area contributed by atoms with Crippen molar-refractivity contribution in [1.29, 1.82) is 0 Å². The van der Waals surface area contributed by atoms with Crippen LogP contribution in [0.3, 0.4) is 0 Å². The Kier molecular flexibility index (Phi) is 6.65. The molecular formula is C49H31N3O. The van der Waals surface area contributed by atoms with Gasteiger partial charge in [0.1, 0.15) is 11.2 Å². The fourth-order valence-corrected chi connectivity index (χ4v) is 8.37. The van der Waals surface area contributed by atoms with E-state index in [1.165, 1.54) is 32.7 Å². The standard InChI is InChI=1S/C49H31N3O/c1-2-12-30(13-3-1)37-26-27-41(45-40-20-10-11-21-44(40)53-46(37)45)48-50-47(34-25-24-32-23-22-31-14-4-6-16-35(31)42(32)29-34)51-49(52-48)43-28-33-15-5-7-17-36(33)38-18-8-9-19-39(38)43/h1-29,36,38H. The molecule has 2 heterocycles. The maximum absolute atomic E-state index is 6.66. The monoisotopic (exact) mass is 677 g/mol. The lowest BCUT2D eigenvalue weighted by Crippen LogP contribution is -2.22. The number of allylic oxidation sites excluding steroid dienone is 12. The van der Waals surface area contributed by atoms with Crippen molar-refractivity contribution in [2.45, 2.75) is 0 Å². The highest BCUT2D eigenvalue weighted by molar-refractivity contribution is 6.16. The number of furan rings is 1. The average Bonchev–Trinajstić information content (AvgIpc) is 3.63. The molecule has 3 aliphatic rings. The van der Waals surface area contributed by atoms with Gasteiger partial charge in [0.25, 0.3) is 0 Å². The molecule has 0 saturated carbocycles. The van der Waals surface area contributed by atoms with Crippen molar-refractivity contribution in [2.75, 3.05) is 0 Å². The summed E-state index contributed by atoms with van der Waals surface area (Å²) >= 11 is 0. The minimum atomic E-state index is 0.196. The highest BCUT2D eigenvalue weighted by Gasteiger charge is 2.32. The maximum Gasteiger partial charge on any atom is 0.164 e. The highest BCUT2D eigenvalue weighted by Crippen LogP contribution is 2.45. The first kappa shape index (κ1) is 29.8. The van der Waals surface area contributed by atoms with Crippen molar-refractivity contribution in [2.24, 2.45) is 11.8 Å². The van der Waals surface area contributed by atoms with Gasteiger partial charge in [0.15, 0.2) is 17.5 Å². The fourth-order valence-electron chi connectivity index (χ4n) is 8.37. The lowest BCUT2D eigenvalue weighted by atomic mass is 9.71. The van der Waals surface area contributed by atoms with E-state index in [0.29, 0.717) is 17.5 Å². The van der Waals surface area contributed by atoms with Crippen LogP contribution in [0.4, 0.5) is 0 Å². The molecule has 248 valence electrons. The summed E-state index contributed by atoms with van der Waals surface area (Å²) in [6.45, 7) is 0. The second-order valence-electron chi connectivity index (χ2n) is 13.9. The van der Waals surface area contributed by atoms with Gasteiger partial charge in [-0.2, -0.15) is 0 Å². The van der Waals surface area contributed by atoms with Crippen LogP contribution in [0.1, 0.15) is 5.82 Å². The number of hydrogen-bond acceptors (Lipinski definition) is 4. The van der Waals surface area contributed by atoms with Crippen LogP contribution in [-0.2, 0) is 0 Å². The molecule has 2 atom stereocenters. The Morgan fingerprint density at radius 1 is 0.491 bits per heavy atom. The Balaban J connectivity index is 1.20. The Labute approximate surface area is 306 Å². The predicted molar refractivity (Wildman–Crippen MR) is 217 cm³/mol. The Morgan fingerprint density at radius 3 is 2.09 bits per heavy atom. The van der Waals surface area contributed by atoms with Crippen LogP contribution in [0, 0.1) is 11.8 Å². The van der Waals surface area contributed by atoms with Crippen molar-refractivity contribution in [1.82, 2.24) is 15.0 Å². The van der Waals surface area contributed by atoms with Gasteiger partial charge in [-0.15, -0.1) is 0 Å². The molecule has 0 N–H and O–H groups in total. The number of para-hydroxylation sites is 1. The molecule has 11 rings (SSSR count). The summed E-state index contributed by atoms with van der Waals surface area (Å²) in [5.41, 5.74) is 9.11. The number of fused-ring (bicyclic) bond motifs is 9. The van der Waals surface area contributed by atoms with Crippen LogP contribution < -0.4 is 0 Å². The summed E-state index contributed by atoms with van der Waals surface area (Å²) in [4.78, 5) is 16.0. The summed E-state index contributed by atoms with van der Waals surface area (Å²) < 4.78 is 6.66. The topological polar surface area (TPSA) is 51.8 Å². The van der Waals surface area contributed by atoms with Crippen LogP contribution in [0.2, 0.25) is 0 Å². The third kappa shape index (κ3) is 4.80. The lowest BCUT2D eigenvalue weighted by Gasteiger charge is -2.32. The molecule has 0 fully saturated rings. The molecule has 0 bridgehead atoms. The summed E-state index contributed by atoms with van der Waals surface area (Å²) in [7, 11) is 0. The van der Waals surface area contributed by atoms with E-state index in [1.54, 1.807) is 0 Å². The molecule has 0 spiro atoms. The van der Waals surface area contributed by atoms with E-state index in [9.17, 15) is 0 Å². The molecule has 3 aliphatic carbocycles. The van der Waals surface area contributed by atoms with Crippen LogP contribution in [-0.4, -0.2) is 15.0 Å². The zero-order chi connectivity index (χ0) is 34.9. The molecule has 0 radical (unpaired) electrons. The van der Waals surface area contributed by atoms with E-state index >= 15 is 0 Å². The van der Waals surface area contributed by atoms with E-state index in [4.69, 9.17) is 19.4 Å². The first-order chi connectivity index (χ1) is 26.3. The number of aromatic nitrogens is 3. The van der Waals surface area contributed by atoms with Gasteiger partial charge in [-0.05, 0) is 68.6 Å². The smallest absolute Gasteiger partial charge is 0.164 e.